The Balaban J connectivity index is 1.99. The Morgan fingerprint density at radius 3 is 2.71 bits per heavy atom. The van der Waals surface area contributed by atoms with Crippen LogP contribution in [-0.4, -0.2) is 43.1 Å². The molecule has 3 heterocycles. The molecule has 9 heteroatoms. The summed E-state index contributed by atoms with van der Waals surface area (Å²) < 4.78 is 36.5. The smallest absolute Gasteiger partial charge is 0.410 e. The van der Waals surface area contributed by atoms with E-state index in [1.165, 1.54) is 4.90 Å². The Labute approximate surface area is 162 Å². The van der Waals surface area contributed by atoms with Crippen molar-refractivity contribution in [2.75, 3.05) is 0 Å². The van der Waals surface area contributed by atoms with Gasteiger partial charge in [-0.3, -0.25) is 4.68 Å². The van der Waals surface area contributed by atoms with Crippen LogP contribution in [0.4, 0.5) is 13.6 Å². The van der Waals surface area contributed by atoms with Crippen LogP contribution in [0, 0.1) is 11.3 Å². The molecule has 2 aliphatic rings. The van der Waals surface area contributed by atoms with Gasteiger partial charge in [0.2, 0.25) is 0 Å². The molecular formula is C19H26F2N4O3. The molecule has 1 aromatic rings. The second-order valence-corrected chi connectivity index (χ2v) is 8.86. The molecule has 0 saturated heterocycles. The van der Waals surface area contributed by atoms with Gasteiger partial charge in [-0.05, 0) is 34.1 Å². The topological polar surface area (TPSA) is 91.4 Å². The summed E-state index contributed by atoms with van der Waals surface area (Å²) in [6.45, 7) is 6.89. The molecular weight excluding hydrogens is 370 g/mol. The highest BCUT2D eigenvalue weighted by atomic mass is 19.3. The minimum absolute atomic E-state index is 0.0208. The molecule has 3 rings (SSSR count). The fourth-order valence-electron chi connectivity index (χ4n) is 3.84. The lowest BCUT2D eigenvalue weighted by Crippen LogP contribution is -2.45. The van der Waals surface area contributed by atoms with Gasteiger partial charge in [-0.25, -0.2) is 4.79 Å². The Morgan fingerprint density at radius 2 is 2.11 bits per heavy atom. The van der Waals surface area contributed by atoms with Crippen LogP contribution in [0.2, 0.25) is 0 Å². The van der Waals surface area contributed by atoms with Gasteiger partial charge < -0.3 is 14.7 Å². The van der Waals surface area contributed by atoms with Crippen molar-refractivity contribution in [3.63, 3.8) is 0 Å². The number of fused-ring (bicyclic) bond motifs is 3. The largest absolute Gasteiger partial charge is 0.444 e. The van der Waals surface area contributed by atoms with Gasteiger partial charge in [0.25, 0.3) is 5.92 Å². The first-order valence-electron chi connectivity index (χ1n) is 9.41. The summed E-state index contributed by atoms with van der Waals surface area (Å²) >= 11 is 0. The van der Waals surface area contributed by atoms with Gasteiger partial charge in [-0.15, -0.1) is 0 Å². The Hall–Kier alpha value is -2.21. The summed E-state index contributed by atoms with van der Waals surface area (Å²) in [6, 6.07) is 1.61. The minimum atomic E-state index is -3.21. The second kappa shape index (κ2) is 6.69. The van der Waals surface area contributed by atoms with E-state index in [2.05, 4.69) is 5.10 Å². The predicted octanol–water partition coefficient (Wildman–Crippen LogP) is 3.10. The maximum atomic E-state index is 15.0. The molecule has 0 aliphatic carbocycles. The number of halogens is 2. The van der Waals surface area contributed by atoms with E-state index in [1.54, 1.807) is 20.8 Å². The second-order valence-electron chi connectivity index (χ2n) is 8.86. The van der Waals surface area contributed by atoms with Crippen LogP contribution in [0.1, 0.15) is 63.9 Å². The normalized spacial score (nSPS) is 26.6. The molecule has 28 heavy (non-hydrogen) atoms. The highest BCUT2D eigenvalue weighted by Gasteiger charge is 2.48. The quantitative estimate of drug-likeness (QED) is 0.788. The number of nitrogens with zero attached hydrogens (tertiary/aromatic N) is 4. The first kappa shape index (κ1) is 20.5. The zero-order valence-electron chi connectivity index (χ0n) is 16.6. The first-order chi connectivity index (χ1) is 12.9. The number of hydrogen-bond donors (Lipinski definition) is 1. The third-order valence-electron chi connectivity index (χ3n) is 5.21. The van der Waals surface area contributed by atoms with Crippen molar-refractivity contribution < 1.29 is 23.4 Å². The van der Waals surface area contributed by atoms with Crippen molar-refractivity contribution in [1.82, 2.24) is 14.7 Å². The standard InChI is InChI=1S/C19H26F2N4O3/c1-12-9-14-13(10-24(12)16(26)28-17(2,3)4)15-19(20,21)6-5-18(27,7-8-22)11-25(15)23-14/h12,27H,5-7,9-11H2,1-4H3/t12-,18+/m1/s1. The summed E-state index contributed by atoms with van der Waals surface area (Å²) in [6.07, 6.45) is -1.25. The van der Waals surface area contributed by atoms with Crippen LogP contribution in [-0.2, 0) is 30.2 Å². The summed E-state index contributed by atoms with van der Waals surface area (Å²) in [7, 11) is 0. The van der Waals surface area contributed by atoms with Gasteiger partial charge >= 0.3 is 6.09 Å². The number of carbonyl (C=O) groups excluding carboxylic acids is 1. The lowest BCUT2D eigenvalue weighted by molar-refractivity contribution is -0.0399. The molecule has 1 N–H and O–H groups in total. The number of alkyl halides is 2. The van der Waals surface area contributed by atoms with Gasteiger partial charge in [-0.2, -0.15) is 19.1 Å². The molecule has 0 radical (unpaired) electrons. The third-order valence-corrected chi connectivity index (χ3v) is 5.21. The number of hydrogen-bond acceptors (Lipinski definition) is 5. The first-order valence-corrected chi connectivity index (χ1v) is 9.41. The minimum Gasteiger partial charge on any atom is -0.444 e. The molecule has 2 atom stereocenters. The third kappa shape index (κ3) is 3.83. The van der Waals surface area contributed by atoms with Crippen molar-refractivity contribution in [1.29, 1.82) is 5.26 Å². The van der Waals surface area contributed by atoms with Crippen LogP contribution in [0.25, 0.3) is 0 Å². The lowest BCUT2D eigenvalue weighted by Gasteiger charge is -2.35. The molecule has 0 spiro atoms. The highest BCUT2D eigenvalue weighted by molar-refractivity contribution is 5.69. The van der Waals surface area contributed by atoms with Gasteiger partial charge in [-0.1, -0.05) is 0 Å². The molecule has 1 amide bonds. The fraction of sp³-hybridized carbons (Fsp3) is 0.737. The molecule has 0 bridgehead atoms. The Bertz CT molecular complexity index is 824. The fourth-order valence-corrected chi connectivity index (χ4v) is 3.84. The Morgan fingerprint density at radius 1 is 1.43 bits per heavy atom. The summed E-state index contributed by atoms with van der Waals surface area (Å²) in [4.78, 5) is 14.0. The molecule has 0 saturated carbocycles. The van der Waals surface area contributed by atoms with Crippen LogP contribution >= 0.6 is 0 Å². The van der Waals surface area contributed by atoms with E-state index >= 15 is 0 Å². The monoisotopic (exact) mass is 396 g/mol. The van der Waals surface area contributed by atoms with E-state index < -0.39 is 29.6 Å². The summed E-state index contributed by atoms with van der Waals surface area (Å²) in [5.41, 5.74) is -1.69. The van der Waals surface area contributed by atoms with Gasteiger partial charge in [0.15, 0.2) is 0 Å². The SMILES string of the molecule is C[C@@H]1Cc2nn3c(c2CN1C(=O)OC(C)(C)C)C(F)(F)CC[C@](O)(CC#N)C3. The summed E-state index contributed by atoms with van der Waals surface area (Å²) in [5, 5.41) is 23.9. The van der Waals surface area contributed by atoms with Crippen molar-refractivity contribution >= 4 is 6.09 Å². The average molecular weight is 396 g/mol. The van der Waals surface area contributed by atoms with Crippen molar-refractivity contribution in [2.45, 2.75) is 89.6 Å². The van der Waals surface area contributed by atoms with E-state index in [0.717, 1.165) is 4.68 Å². The molecule has 154 valence electrons. The van der Waals surface area contributed by atoms with Crippen molar-refractivity contribution in [3.8, 4) is 6.07 Å². The molecule has 0 aromatic carbocycles. The molecule has 0 fully saturated rings. The Kier molecular flexibility index (Phi) is 4.90. The number of nitriles is 1. The molecule has 2 aliphatic heterocycles. The van der Waals surface area contributed by atoms with E-state index in [4.69, 9.17) is 10.00 Å². The van der Waals surface area contributed by atoms with E-state index in [0.29, 0.717) is 17.7 Å². The van der Waals surface area contributed by atoms with Gasteiger partial charge in [0.05, 0.1) is 36.9 Å². The van der Waals surface area contributed by atoms with E-state index in [9.17, 15) is 18.7 Å². The molecule has 7 nitrogen and oxygen atoms in total. The number of carbonyl (C=O) groups is 1. The lowest BCUT2D eigenvalue weighted by atomic mass is 9.92. The number of amides is 1. The maximum absolute atomic E-state index is 15.0. The van der Waals surface area contributed by atoms with Crippen LogP contribution in [0.15, 0.2) is 0 Å². The summed E-state index contributed by atoms with van der Waals surface area (Å²) in [5.74, 6) is -3.21. The van der Waals surface area contributed by atoms with Crippen molar-refractivity contribution in [2.24, 2.45) is 0 Å². The van der Waals surface area contributed by atoms with E-state index in [-0.39, 0.29) is 37.7 Å². The predicted molar refractivity (Wildman–Crippen MR) is 95.5 cm³/mol. The van der Waals surface area contributed by atoms with Crippen molar-refractivity contribution in [3.05, 3.63) is 17.0 Å². The van der Waals surface area contributed by atoms with Gasteiger partial charge in [0, 0.05) is 24.4 Å². The number of aliphatic hydroxyl groups is 1. The number of ether oxygens (including phenoxy) is 1. The highest BCUT2D eigenvalue weighted by Crippen LogP contribution is 2.43. The van der Waals surface area contributed by atoms with Gasteiger partial charge in [0.1, 0.15) is 11.3 Å². The van der Waals surface area contributed by atoms with Crippen LogP contribution in [0.3, 0.4) is 0 Å². The van der Waals surface area contributed by atoms with Crippen LogP contribution < -0.4 is 0 Å². The molecule has 0 unspecified atom stereocenters. The van der Waals surface area contributed by atoms with E-state index in [1.807, 2.05) is 13.0 Å². The molecule has 1 aromatic heterocycles. The number of aromatic nitrogens is 2. The van der Waals surface area contributed by atoms with Crippen LogP contribution in [0.5, 0.6) is 0 Å². The maximum Gasteiger partial charge on any atom is 0.410 e. The zero-order chi connectivity index (χ0) is 20.9. The zero-order valence-corrected chi connectivity index (χ0v) is 16.6. The average Bonchev–Trinajstić information content (AvgIpc) is 2.83. The number of rotatable bonds is 1.